The summed E-state index contributed by atoms with van der Waals surface area (Å²) in [5.41, 5.74) is 0.346. The van der Waals surface area contributed by atoms with Crippen molar-refractivity contribution >= 4 is 15.9 Å². The molecule has 2 nitrogen and oxygen atoms in total. The number of aliphatic hydroxyl groups is 1. The van der Waals surface area contributed by atoms with Gasteiger partial charge in [-0.15, -0.1) is 0 Å². The summed E-state index contributed by atoms with van der Waals surface area (Å²) in [6, 6.07) is 5.48. The molecule has 1 aromatic rings. The van der Waals surface area contributed by atoms with Gasteiger partial charge in [0.1, 0.15) is 5.82 Å². The molecule has 2 rings (SSSR count). The van der Waals surface area contributed by atoms with Crippen molar-refractivity contribution in [3.8, 4) is 0 Å². The average Bonchev–Trinajstić information content (AvgIpc) is 2.35. The Labute approximate surface area is 116 Å². The van der Waals surface area contributed by atoms with E-state index >= 15 is 0 Å². The van der Waals surface area contributed by atoms with Crippen molar-refractivity contribution in [3.63, 3.8) is 0 Å². The van der Waals surface area contributed by atoms with E-state index in [0.717, 1.165) is 31.2 Å². The zero-order chi connectivity index (χ0) is 13.2. The fourth-order valence-corrected chi connectivity index (χ4v) is 3.08. The molecular weight excluding hydrogens is 297 g/mol. The lowest BCUT2D eigenvalue weighted by atomic mass is 9.78. The van der Waals surface area contributed by atoms with Crippen LogP contribution in [-0.2, 0) is 6.42 Å². The number of hydrogen-bond acceptors (Lipinski definition) is 2. The van der Waals surface area contributed by atoms with E-state index in [2.05, 4.69) is 21.2 Å². The van der Waals surface area contributed by atoms with Gasteiger partial charge in [0.2, 0.25) is 0 Å². The molecule has 0 spiro atoms. The summed E-state index contributed by atoms with van der Waals surface area (Å²) < 4.78 is 13.6. The fraction of sp³-hybridized carbons (Fsp3) is 0.571. The maximum absolute atomic E-state index is 13.2. The quantitative estimate of drug-likeness (QED) is 0.898. The molecule has 1 aliphatic rings. The minimum absolute atomic E-state index is 0.260. The standard InChI is InChI=1S/C14H19BrFNO/c1-17-11-4-6-14(18,7-5-11)9-10-2-3-13(16)12(15)8-10/h2-3,8,11,17-18H,4-7,9H2,1H3. The first kappa shape index (κ1) is 14.0. The van der Waals surface area contributed by atoms with E-state index in [1.807, 2.05) is 7.05 Å². The van der Waals surface area contributed by atoms with Crippen molar-refractivity contribution < 1.29 is 9.50 Å². The molecule has 4 heteroatoms. The summed E-state index contributed by atoms with van der Waals surface area (Å²) in [6.45, 7) is 0. The monoisotopic (exact) mass is 315 g/mol. The first-order valence-electron chi connectivity index (χ1n) is 6.36. The lowest BCUT2D eigenvalue weighted by molar-refractivity contribution is -0.00245. The predicted molar refractivity (Wildman–Crippen MR) is 74.1 cm³/mol. The van der Waals surface area contributed by atoms with E-state index in [1.54, 1.807) is 12.1 Å². The van der Waals surface area contributed by atoms with Crippen LogP contribution < -0.4 is 5.32 Å². The molecule has 1 saturated carbocycles. The van der Waals surface area contributed by atoms with Crippen LogP contribution in [0.4, 0.5) is 4.39 Å². The molecule has 1 fully saturated rings. The Kier molecular flexibility index (Phi) is 4.41. The van der Waals surface area contributed by atoms with Gasteiger partial charge in [-0.25, -0.2) is 4.39 Å². The van der Waals surface area contributed by atoms with Gasteiger partial charge in [-0.1, -0.05) is 6.07 Å². The molecular formula is C14H19BrFNO. The largest absolute Gasteiger partial charge is 0.390 e. The molecule has 0 amide bonds. The fourth-order valence-electron chi connectivity index (χ4n) is 2.65. The highest BCUT2D eigenvalue weighted by Gasteiger charge is 2.32. The zero-order valence-corrected chi connectivity index (χ0v) is 12.1. The van der Waals surface area contributed by atoms with Crippen LogP contribution in [0.3, 0.4) is 0 Å². The third-order valence-electron chi connectivity index (χ3n) is 3.84. The summed E-state index contributed by atoms with van der Waals surface area (Å²) in [6.07, 6.45) is 4.19. The molecule has 1 aliphatic carbocycles. The molecule has 0 aromatic heterocycles. The minimum atomic E-state index is -0.634. The highest BCUT2D eigenvalue weighted by atomic mass is 79.9. The van der Waals surface area contributed by atoms with Crippen LogP contribution in [0.5, 0.6) is 0 Å². The van der Waals surface area contributed by atoms with E-state index in [1.165, 1.54) is 6.07 Å². The van der Waals surface area contributed by atoms with E-state index < -0.39 is 5.60 Å². The van der Waals surface area contributed by atoms with Crippen LogP contribution >= 0.6 is 15.9 Å². The summed E-state index contributed by atoms with van der Waals surface area (Å²) in [7, 11) is 1.96. The molecule has 100 valence electrons. The maximum Gasteiger partial charge on any atom is 0.137 e. The maximum atomic E-state index is 13.2. The second-order valence-electron chi connectivity index (χ2n) is 5.21. The Bertz CT molecular complexity index is 416. The third-order valence-corrected chi connectivity index (χ3v) is 4.45. The van der Waals surface area contributed by atoms with Crippen molar-refractivity contribution in [1.82, 2.24) is 5.32 Å². The van der Waals surface area contributed by atoms with Crippen LogP contribution in [0.1, 0.15) is 31.2 Å². The van der Waals surface area contributed by atoms with E-state index in [9.17, 15) is 9.50 Å². The van der Waals surface area contributed by atoms with Crippen molar-refractivity contribution in [2.24, 2.45) is 0 Å². The van der Waals surface area contributed by atoms with Gasteiger partial charge >= 0.3 is 0 Å². The summed E-state index contributed by atoms with van der Waals surface area (Å²) in [4.78, 5) is 0. The van der Waals surface area contributed by atoms with E-state index in [0.29, 0.717) is 16.9 Å². The first-order chi connectivity index (χ1) is 8.52. The molecule has 0 heterocycles. The van der Waals surface area contributed by atoms with Crippen LogP contribution in [-0.4, -0.2) is 23.8 Å². The third kappa shape index (κ3) is 3.31. The molecule has 0 bridgehead atoms. The highest BCUT2D eigenvalue weighted by Crippen LogP contribution is 2.32. The molecule has 0 unspecified atom stereocenters. The highest BCUT2D eigenvalue weighted by molar-refractivity contribution is 9.10. The van der Waals surface area contributed by atoms with Gasteiger partial charge in [0.25, 0.3) is 0 Å². The summed E-state index contributed by atoms with van der Waals surface area (Å²) in [5, 5.41) is 13.8. The number of hydrogen-bond donors (Lipinski definition) is 2. The Morgan fingerprint density at radius 1 is 1.44 bits per heavy atom. The van der Waals surface area contributed by atoms with Crippen molar-refractivity contribution in [2.75, 3.05) is 7.05 Å². The van der Waals surface area contributed by atoms with Crippen LogP contribution in [0.2, 0.25) is 0 Å². The summed E-state index contributed by atoms with van der Waals surface area (Å²) in [5.74, 6) is -0.260. The SMILES string of the molecule is CNC1CCC(O)(Cc2ccc(F)c(Br)c2)CC1. The molecule has 0 aliphatic heterocycles. The van der Waals surface area contributed by atoms with E-state index in [4.69, 9.17) is 0 Å². The summed E-state index contributed by atoms with van der Waals surface area (Å²) >= 11 is 3.18. The lowest BCUT2D eigenvalue weighted by Gasteiger charge is -2.36. The number of nitrogens with one attached hydrogen (secondary N) is 1. The number of rotatable bonds is 3. The van der Waals surface area contributed by atoms with Gasteiger partial charge in [-0.2, -0.15) is 0 Å². The van der Waals surface area contributed by atoms with Crippen LogP contribution in [0.15, 0.2) is 22.7 Å². The Balaban J connectivity index is 2.02. The minimum Gasteiger partial charge on any atom is -0.390 e. The number of halogens is 2. The van der Waals surface area contributed by atoms with Crippen LogP contribution in [0.25, 0.3) is 0 Å². The molecule has 0 radical (unpaired) electrons. The zero-order valence-electron chi connectivity index (χ0n) is 10.5. The second-order valence-corrected chi connectivity index (χ2v) is 6.07. The molecule has 0 saturated heterocycles. The molecule has 18 heavy (non-hydrogen) atoms. The van der Waals surface area contributed by atoms with Crippen molar-refractivity contribution in [3.05, 3.63) is 34.1 Å². The van der Waals surface area contributed by atoms with Gasteiger partial charge in [0.15, 0.2) is 0 Å². The van der Waals surface area contributed by atoms with Gasteiger partial charge in [0, 0.05) is 12.5 Å². The molecule has 0 atom stereocenters. The normalized spacial score (nSPS) is 28.3. The number of benzene rings is 1. The molecule has 2 N–H and O–H groups in total. The van der Waals surface area contributed by atoms with Gasteiger partial charge in [-0.3, -0.25) is 0 Å². The van der Waals surface area contributed by atoms with Crippen molar-refractivity contribution in [2.45, 2.75) is 43.7 Å². The Hall–Kier alpha value is -0.450. The average molecular weight is 316 g/mol. The van der Waals surface area contributed by atoms with Crippen LogP contribution in [0, 0.1) is 5.82 Å². The second kappa shape index (κ2) is 5.68. The molecule has 1 aromatic carbocycles. The van der Waals surface area contributed by atoms with Gasteiger partial charge in [-0.05, 0) is 66.4 Å². The van der Waals surface area contributed by atoms with Gasteiger partial charge < -0.3 is 10.4 Å². The predicted octanol–water partition coefficient (Wildman–Crippen LogP) is 3.02. The lowest BCUT2D eigenvalue weighted by Crippen LogP contribution is -2.41. The van der Waals surface area contributed by atoms with Gasteiger partial charge in [0.05, 0.1) is 10.1 Å². The van der Waals surface area contributed by atoms with E-state index in [-0.39, 0.29) is 5.82 Å². The topological polar surface area (TPSA) is 32.3 Å². The smallest absolute Gasteiger partial charge is 0.137 e. The Morgan fingerprint density at radius 3 is 2.67 bits per heavy atom. The van der Waals surface area contributed by atoms with Crippen molar-refractivity contribution in [1.29, 1.82) is 0 Å². The first-order valence-corrected chi connectivity index (χ1v) is 7.15. The Morgan fingerprint density at radius 2 is 2.11 bits per heavy atom.